The van der Waals surface area contributed by atoms with Crippen LogP contribution in [-0.4, -0.2) is 33.5 Å². The molecule has 0 fully saturated rings. The van der Waals surface area contributed by atoms with Gasteiger partial charge in [0.05, 0.1) is 46.6 Å². The molecule has 3 aromatic rings. The minimum atomic E-state index is -1.02. The molecule has 2 aromatic carbocycles. The standard InChI is InChI=1S/C18H16Cl2N2O4/c1-26-18(25)17-12(19)4-11(5-13(17)20)16(24)7-15(23)9-2-3-10-8-21-22-14(10)6-9/h2-6,8,15-16,23-24H,7H2,1H3,(H,21,22). The number of hydrogen-bond donors (Lipinski definition) is 3. The Bertz CT molecular complexity index is 934. The lowest BCUT2D eigenvalue weighted by atomic mass is 9.97. The van der Waals surface area contributed by atoms with Crippen molar-refractivity contribution in [2.75, 3.05) is 7.11 Å². The van der Waals surface area contributed by atoms with E-state index in [2.05, 4.69) is 14.9 Å². The number of esters is 1. The summed E-state index contributed by atoms with van der Waals surface area (Å²) < 4.78 is 4.63. The molecule has 3 rings (SSSR count). The average Bonchev–Trinajstić information content (AvgIpc) is 3.08. The molecule has 6 nitrogen and oxygen atoms in total. The monoisotopic (exact) mass is 394 g/mol. The van der Waals surface area contributed by atoms with E-state index < -0.39 is 18.2 Å². The molecule has 8 heteroatoms. The summed E-state index contributed by atoms with van der Waals surface area (Å²) in [6.07, 6.45) is -0.212. The number of carbonyl (C=O) groups is 1. The van der Waals surface area contributed by atoms with Gasteiger partial charge in [0.25, 0.3) is 0 Å². The van der Waals surface area contributed by atoms with Crippen molar-refractivity contribution in [3.63, 3.8) is 0 Å². The lowest BCUT2D eigenvalue weighted by Gasteiger charge is -2.18. The molecule has 0 bridgehead atoms. The number of fused-ring (bicyclic) bond motifs is 1. The summed E-state index contributed by atoms with van der Waals surface area (Å²) in [7, 11) is 1.23. The third kappa shape index (κ3) is 3.68. The van der Waals surface area contributed by atoms with Gasteiger partial charge in [-0.1, -0.05) is 35.3 Å². The van der Waals surface area contributed by atoms with E-state index >= 15 is 0 Å². The number of hydrogen-bond acceptors (Lipinski definition) is 5. The van der Waals surface area contributed by atoms with Gasteiger partial charge in [0.15, 0.2) is 0 Å². The van der Waals surface area contributed by atoms with Gasteiger partial charge in [-0.05, 0) is 29.3 Å². The van der Waals surface area contributed by atoms with Crippen LogP contribution in [0.1, 0.15) is 40.1 Å². The van der Waals surface area contributed by atoms with E-state index in [1.165, 1.54) is 19.2 Å². The second kappa shape index (κ2) is 7.63. The van der Waals surface area contributed by atoms with Gasteiger partial charge in [0, 0.05) is 11.8 Å². The third-order valence-electron chi connectivity index (χ3n) is 4.14. The first kappa shape index (κ1) is 18.7. The van der Waals surface area contributed by atoms with Gasteiger partial charge in [-0.3, -0.25) is 5.10 Å². The summed E-state index contributed by atoms with van der Waals surface area (Å²) >= 11 is 12.2. The Morgan fingerprint density at radius 3 is 2.46 bits per heavy atom. The molecule has 26 heavy (non-hydrogen) atoms. The van der Waals surface area contributed by atoms with E-state index in [0.717, 1.165) is 10.9 Å². The van der Waals surface area contributed by atoms with Gasteiger partial charge < -0.3 is 14.9 Å². The van der Waals surface area contributed by atoms with Crippen molar-refractivity contribution in [3.8, 4) is 0 Å². The van der Waals surface area contributed by atoms with Crippen molar-refractivity contribution in [3.05, 3.63) is 63.3 Å². The minimum absolute atomic E-state index is 0.0316. The molecular formula is C18H16Cl2N2O4. The first-order valence-electron chi connectivity index (χ1n) is 7.77. The number of ether oxygens (including phenoxy) is 1. The summed E-state index contributed by atoms with van der Waals surface area (Å²) in [6.45, 7) is 0. The number of aromatic amines is 1. The van der Waals surface area contributed by atoms with Crippen LogP contribution < -0.4 is 0 Å². The van der Waals surface area contributed by atoms with Crippen LogP contribution in [0.3, 0.4) is 0 Å². The normalized spacial score (nSPS) is 13.6. The van der Waals surface area contributed by atoms with Crippen LogP contribution in [0, 0.1) is 0 Å². The van der Waals surface area contributed by atoms with Crippen LogP contribution in [0.15, 0.2) is 36.5 Å². The highest BCUT2D eigenvalue weighted by molar-refractivity contribution is 6.39. The number of nitrogens with one attached hydrogen (secondary N) is 1. The lowest BCUT2D eigenvalue weighted by Crippen LogP contribution is -2.08. The quantitative estimate of drug-likeness (QED) is 0.571. The van der Waals surface area contributed by atoms with Gasteiger partial charge in [0.2, 0.25) is 0 Å². The lowest BCUT2D eigenvalue weighted by molar-refractivity contribution is 0.0600. The first-order chi connectivity index (χ1) is 12.4. The molecular weight excluding hydrogens is 379 g/mol. The fourth-order valence-corrected chi connectivity index (χ4v) is 3.39. The van der Waals surface area contributed by atoms with Crippen molar-refractivity contribution in [1.82, 2.24) is 10.2 Å². The third-order valence-corrected chi connectivity index (χ3v) is 4.73. The molecule has 0 saturated carbocycles. The molecule has 2 atom stereocenters. The van der Waals surface area contributed by atoms with Crippen molar-refractivity contribution < 1.29 is 19.7 Å². The predicted molar refractivity (Wildman–Crippen MR) is 98.4 cm³/mol. The fourth-order valence-electron chi connectivity index (χ4n) is 2.73. The molecule has 0 aliphatic carbocycles. The van der Waals surface area contributed by atoms with Gasteiger partial charge in [-0.2, -0.15) is 5.10 Å². The SMILES string of the molecule is COC(=O)c1c(Cl)cc(C(O)CC(O)c2ccc3cn[nH]c3c2)cc1Cl. The van der Waals surface area contributed by atoms with Crippen molar-refractivity contribution in [2.24, 2.45) is 0 Å². The molecule has 1 heterocycles. The summed E-state index contributed by atoms with van der Waals surface area (Å²) in [5.74, 6) is -0.658. The molecule has 3 N–H and O–H groups in total. The van der Waals surface area contributed by atoms with Gasteiger partial charge >= 0.3 is 5.97 Å². The highest BCUT2D eigenvalue weighted by Gasteiger charge is 2.21. The maximum atomic E-state index is 11.7. The number of methoxy groups -OCH3 is 1. The van der Waals surface area contributed by atoms with Crippen LogP contribution in [0.5, 0.6) is 0 Å². The number of carbonyl (C=O) groups excluding carboxylic acids is 1. The molecule has 0 aliphatic heterocycles. The Labute approximate surface area is 159 Å². The molecule has 2 unspecified atom stereocenters. The first-order valence-corrected chi connectivity index (χ1v) is 8.52. The fraction of sp³-hybridized carbons (Fsp3) is 0.222. The molecule has 1 aromatic heterocycles. The minimum Gasteiger partial charge on any atom is -0.465 e. The van der Waals surface area contributed by atoms with Crippen LogP contribution in [0.2, 0.25) is 10.0 Å². The highest BCUT2D eigenvalue weighted by atomic mass is 35.5. The van der Waals surface area contributed by atoms with E-state index in [0.29, 0.717) is 11.1 Å². The molecule has 0 aliphatic rings. The number of aliphatic hydroxyl groups is 2. The number of halogens is 2. The Kier molecular flexibility index (Phi) is 5.48. The van der Waals surface area contributed by atoms with Crippen LogP contribution in [0.25, 0.3) is 10.9 Å². The second-order valence-corrected chi connectivity index (χ2v) is 6.65. The van der Waals surface area contributed by atoms with E-state index in [1.54, 1.807) is 18.3 Å². The Balaban J connectivity index is 1.80. The maximum Gasteiger partial charge on any atom is 0.340 e. The topological polar surface area (TPSA) is 95.4 Å². The average molecular weight is 395 g/mol. The van der Waals surface area contributed by atoms with Gasteiger partial charge in [-0.25, -0.2) is 4.79 Å². The van der Waals surface area contributed by atoms with Crippen molar-refractivity contribution in [2.45, 2.75) is 18.6 Å². The van der Waals surface area contributed by atoms with E-state index in [9.17, 15) is 15.0 Å². The summed E-state index contributed by atoms with van der Waals surface area (Å²) in [6, 6.07) is 8.27. The van der Waals surface area contributed by atoms with Crippen molar-refractivity contribution in [1.29, 1.82) is 0 Å². The van der Waals surface area contributed by atoms with Crippen LogP contribution in [0.4, 0.5) is 0 Å². The van der Waals surface area contributed by atoms with Crippen LogP contribution in [-0.2, 0) is 4.74 Å². The number of aliphatic hydroxyl groups excluding tert-OH is 2. The summed E-state index contributed by atoms with van der Waals surface area (Å²) in [4.78, 5) is 11.7. The number of aromatic nitrogens is 2. The molecule has 0 radical (unpaired) electrons. The Hall–Kier alpha value is -2.12. The maximum absolute atomic E-state index is 11.7. The zero-order chi connectivity index (χ0) is 18.8. The van der Waals surface area contributed by atoms with E-state index in [-0.39, 0.29) is 22.0 Å². The molecule has 136 valence electrons. The number of H-pyrrole nitrogens is 1. The summed E-state index contributed by atoms with van der Waals surface area (Å²) in [5.41, 5.74) is 1.88. The Morgan fingerprint density at radius 2 is 1.81 bits per heavy atom. The van der Waals surface area contributed by atoms with E-state index in [1.807, 2.05) is 6.07 Å². The molecule has 0 saturated heterocycles. The van der Waals surface area contributed by atoms with Crippen molar-refractivity contribution >= 4 is 40.1 Å². The largest absolute Gasteiger partial charge is 0.465 e. The smallest absolute Gasteiger partial charge is 0.340 e. The summed E-state index contributed by atoms with van der Waals surface area (Å²) in [5, 5.41) is 28.7. The van der Waals surface area contributed by atoms with Gasteiger partial charge in [-0.15, -0.1) is 0 Å². The Morgan fingerprint density at radius 1 is 1.15 bits per heavy atom. The van der Waals surface area contributed by atoms with E-state index in [4.69, 9.17) is 23.2 Å². The highest BCUT2D eigenvalue weighted by Crippen LogP contribution is 2.33. The van der Waals surface area contributed by atoms with Crippen LogP contribution >= 0.6 is 23.2 Å². The molecule has 0 amide bonds. The van der Waals surface area contributed by atoms with Gasteiger partial charge in [0.1, 0.15) is 0 Å². The number of nitrogens with zero attached hydrogens (tertiary/aromatic N) is 1. The predicted octanol–water partition coefficient (Wildman–Crippen LogP) is 3.81. The molecule has 0 spiro atoms. The second-order valence-electron chi connectivity index (χ2n) is 5.84. The number of benzene rings is 2. The number of rotatable bonds is 5. The zero-order valence-electron chi connectivity index (χ0n) is 13.7. The zero-order valence-corrected chi connectivity index (χ0v) is 15.3.